The topological polar surface area (TPSA) is 149 Å². The van der Waals surface area contributed by atoms with E-state index in [0.717, 1.165) is 96.3 Å². The average Bonchev–Trinajstić information content (AvgIpc) is 3.39. The Kier molecular flexibility index (Phi) is 49.5. The number of rotatable bonds is 51. The monoisotopic (exact) mass is 1020 g/mol. The number of unbranched alkanes of at least 4 members (excludes halogenated alkanes) is 27. The summed E-state index contributed by atoms with van der Waals surface area (Å²) in [5.41, 5.74) is 0. The Morgan fingerprint density at radius 2 is 0.849 bits per heavy atom. The van der Waals surface area contributed by atoms with Gasteiger partial charge in [-0.1, -0.05) is 266 Å². The van der Waals surface area contributed by atoms with E-state index < -0.39 is 49.5 Å². The number of nitrogens with one attached hydrogen (secondary N) is 1. The molecule has 0 aliphatic carbocycles. The SMILES string of the molecule is CC/C=C\C/C=C\C/C=C\C/C=C\C/C=C\C/C=C\C/C=C\CCCCCCCCCC(=O)NC(COC1OC(CO)C(O)C(O)C1O)C(O)CCCCCCCCCCCCCCCCCCCCCCC. The van der Waals surface area contributed by atoms with Gasteiger partial charge in [-0.2, -0.15) is 0 Å². The van der Waals surface area contributed by atoms with Crippen molar-refractivity contribution in [3.05, 3.63) is 85.1 Å². The summed E-state index contributed by atoms with van der Waals surface area (Å²) in [6, 6.07) is -0.732. The summed E-state index contributed by atoms with van der Waals surface area (Å²) in [6.07, 6.45) is 67.5. The molecule has 1 aliphatic rings. The lowest BCUT2D eigenvalue weighted by Gasteiger charge is -2.40. The largest absolute Gasteiger partial charge is 0.394 e. The van der Waals surface area contributed by atoms with Crippen molar-refractivity contribution >= 4 is 5.91 Å². The molecule has 73 heavy (non-hydrogen) atoms. The lowest BCUT2D eigenvalue weighted by Crippen LogP contribution is -2.60. The van der Waals surface area contributed by atoms with Crippen molar-refractivity contribution in [2.24, 2.45) is 0 Å². The molecule has 0 saturated carbocycles. The third-order valence-corrected chi connectivity index (χ3v) is 14.0. The third-order valence-electron chi connectivity index (χ3n) is 14.0. The molecule has 1 aliphatic heterocycles. The van der Waals surface area contributed by atoms with Gasteiger partial charge in [0.05, 0.1) is 25.4 Å². The molecule has 1 fully saturated rings. The molecule has 1 amide bonds. The van der Waals surface area contributed by atoms with Crippen LogP contribution in [0.2, 0.25) is 0 Å². The average molecular weight is 1020 g/mol. The Bertz CT molecular complexity index is 1420. The second-order valence-corrected chi connectivity index (χ2v) is 20.8. The molecule has 7 atom stereocenters. The first-order valence-electron chi connectivity index (χ1n) is 30.3. The zero-order valence-corrected chi connectivity index (χ0v) is 46.9. The maximum absolute atomic E-state index is 13.1. The zero-order chi connectivity index (χ0) is 52.9. The fourth-order valence-electron chi connectivity index (χ4n) is 9.26. The molecule has 1 heterocycles. The van der Waals surface area contributed by atoms with Crippen LogP contribution in [0.3, 0.4) is 0 Å². The summed E-state index contributed by atoms with van der Waals surface area (Å²) in [7, 11) is 0. The van der Waals surface area contributed by atoms with E-state index >= 15 is 0 Å². The minimum atomic E-state index is -1.56. The Labute approximate surface area is 448 Å². The van der Waals surface area contributed by atoms with Gasteiger partial charge < -0.3 is 40.3 Å². The highest BCUT2D eigenvalue weighted by Crippen LogP contribution is 2.23. The molecule has 9 nitrogen and oxygen atoms in total. The van der Waals surface area contributed by atoms with E-state index in [0.29, 0.717) is 12.8 Å². The first-order chi connectivity index (χ1) is 35.8. The predicted octanol–water partition coefficient (Wildman–Crippen LogP) is 15.4. The summed E-state index contributed by atoms with van der Waals surface area (Å²) in [6.45, 7) is 3.73. The Morgan fingerprint density at radius 1 is 0.479 bits per heavy atom. The Hall–Kier alpha value is -2.63. The van der Waals surface area contributed by atoms with Crippen molar-refractivity contribution in [3.8, 4) is 0 Å². The first-order valence-corrected chi connectivity index (χ1v) is 30.3. The standard InChI is InChI=1S/C64H113NO8/c1-3-5-7-9-11-13-15-17-19-21-23-25-26-27-28-29-30-31-32-34-36-38-40-42-44-46-48-50-52-54-60(68)65-57(56-72-64-63(71)62(70)61(69)59(55-66)73-64)58(67)53-51-49-47-45-43-41-39-37-35-33-24-22-20-18-16-14-12-10-8-6-4-2/h5,7,11,13,17,19,23,25,27-28,30-31,34,36,57-59,61-64,66-67,69-71H,3-4,6,8-10,12,14-16,18,20-22,24,26,29,32-33,35,37-56H2,1-2H3,(H,65,68)/b7-5-,13-11-,19-17-,25-23-,28-27-,31-30-,36-34-. The summed E-state index contributed by atoms with van der Waals surface area (Å²) in [4.78, 5) is 13.1. The van der Waals surface area contributed by atoms with Crippen molar-refractivity contribution < 1.29 is 39.8 Å². The van der Waals surface area contributed by atoms with Crippen LogP contribution in [0.4, 0.5) is 0 Å². The number of hydrogen-bond donors (Lipinski definition) is 6. The van der Waals surface area contributed by atoms with Crippen LogP contribution in [0, 0.1) is 0 Å². The molecule has 0 bridgehead atoms. The van der Waals surface area contributed by atoms with E-state index in [1.54, 1.807) is 0 Å². The molecule has 9 heteroatoms. The van der Waals surface area contributed by atoms with Crippen molar-refractivity contribution in [1.29, 1.82) is 0 Å². The first kappa shape index (κ1) is 68.4. The molecule has 1 rings (SSSR count). The van der Waals surface area contributed by atoms with Gasteiger partial charge in [-0.25, -0.2) is 0 Å². The predicted molar refractivity (Wildman–Crippen MR) is 308 cm³/mol. The lowest BCUT2D eigenvalue weighted by atomic mass is 9.99. The third kappa shape index (κ3) is 42.2. The van der Waals surface area contributed by atoms with E-state index in [4.69, 9.17) is 9.47 Å². The number of allylic oxidation sites excluding steroid dienone is 14. The van der Waals surface area contributed by atoms with Crippen molar-refractivity contribution in [2.45, 2.75) is 301 Å². The van der Waals surface area contributed by atoms with Crippen LogP contribution in [-0.2, 0) is 14.3 Å². The van der Waals surface area contributed by atoms with Crippen LogP contribution < -0.4 is 5.32 Å². The van der Waals surface area contributed by atoms with E-state index in [1.165, 1.54) is 135 Å². The highest BCUT2D eigenvalue weighted by Gasteiger charge is 2.44. The number of hydrogen-bond acceptors (Lipinski definition) is 8. The second-order valence-electron chi connectivity index (χ2n) is 20.8. The number of amides is 1. The fraction of sp³-hybridized carbons (Fsp3) is 0.766. The van der Waals surface area contributed by atoms with Crippen LogP contribution in [0.1, 0.15) is 258 Å². The Morgan fingerprint density at radius 3 is 1.26 bits per heavy atom. The molecular weight excluding hydrogens is 911 g/mol. The number of carbonyl (C=O) groups excluding carboxylic acids is 1. The van der Waals surface area contributed by atoms with Gasteiger partial charge in [0.15, 0.2) is 6.29 Å². The molecule has 0 spiro atoms. The van der Waals surface area contributed by atoms with E-state index in [9.17, 15) is 30.3 Å². The second kappa shape index (κ2) is 52.8. The number of ether oxygens (including phenoxy) is 2. The van der Waals surface area contributed by atoms with Gasteiger partial charge >= 0.3 is 0 Å². The van der Waals surface area contributed by atoms with Gasteiger partial charge in [-0.3, -0.25) is 4.79 Å². The van der Waals surface area contributed by atoms with Gasteiger partial charge in [-0.15, -0.1) is 0 Å². The summed E-state index contributed by atoms with van der Waals surface area (Å²) < 4.78 is 11.3. The summed E-state index contributed by atoms with van der Waals surface area (Å²) >= 11 is 0. The molecule has 0 aromatic carbocycles. The van der Waals surface area contributed by atoms with Crippen LogP contribution in [0.25, 0.3) is 0 Å². The summed E-state index contributed by atoms with van der Waals surface area (Å²) in [5, 5.41) is 54.8. The van der Waals surface area contributed by atoms with Gasteiger partial charge in [0.2, 0.25) is 5.91 Å². The number of aliphatic hydroxyl groups excluding tert-OH is 5. The Balaban J connectivity index is 2.21. The van der Waals surface area contributed by atoms with Crippen LogP contribution in [0.5, 0.6) is 0 Å². The molecule has 0 radical (unpaired) electrons. The molecular formula is C64H113NO8. The van der Waals surface area contributed by atoms with Crippen LogP contribution in [0.15, 0.2) is 85.1 Å². The van der Waals surface area contributed by atoms with Crippen molar-refractivity contribution in [3.63, 3.8) is 0 Å². The molecule has 7 unspecified atom stereocenters. The smallest absolute Gasteiger partial charge is 0.220 e. The normalized spacial score (nSPS) is 19.7. The number of carbonyl (C=O) groups is 1. The van der Waals surface area contributed by atoms with Gasteiger partial charge in [0.25, 0.3) is 0 Å². The lowest BCUT2D eigenvalue weighted by molar-refractivity contribution is -0.302. The van der Waals surface area contributed by atoms with E-state index in [1.807, 2.05) is 0 Å². The minimum Gasteiger partial charge on any atom is -0.394 e. The van der Waals surface area contributed by atoms with E-state index in [2.05, 4.69) is 104 Å². The van der Waals surface area contributed by atoms with Crippen LogP contribution in [-0.4, -0.2) is 87.5 Å². The van der Waals surface area contributed by atoms with Gasteiger partial charge in [0, 0.05) is 6.42 Å². The van der Waals surface area contributed by atoms with Crippen LogP contribution >= 0.6 is 0 Å². The molecule has 6 N–H and O–H groups in total. The maximum atomic E-state index is 13.1. The molecule has 1 saturated heterocycles. The summed E-state index contributed by atoms with van der Waals surface area (Å²) in [5.74, 6) is -0.156. The number of aliphatic hydroxyl groups is 5. The maximum Gasteiger partial charge on any atom is 0.220 e. The molecule has 0 aromatic rings. The molecule has 422 valence electrons. The highest BCUT2D eigenvalue weighted by molar-refractivity contribution is 5.76. The van der Waals surface area contributed by atoms with Gasteiger partial charge in [-0.05, 0) is 70.6 Å². The fourth-order valence-corrected chi connectivity index (χ4v) is 9.26. The van der Waals surface area contributed by atoms with Crippen molar-refractivity contribution in [1.82, 2.24) is 5.32 Å². The van der Waals surface area contributed by atoms with Crippen molar-refractivity contribution in [2.75, 3.05) is 13.2 Å². The van der Waals surface area contributed by atoms with E-state index in [-0.39, 0.29) is 12.5 Å². The zero-order valence-electron chi connectivity index (χ0n) is 46.9. The quantitative estimate of drug-likeness (QED) is 0.0261. The minimum absolute atomic E-state index is 0.146. The molecule has 0 aromatic heterocycles. The van der Waals surface area contributed by atoms with Gasteiger partial charge in [0.1, 0.15) is 24.4 Å². The highest BCUT2D eigenvalue weighted by atomic mass is 16.7.